The Bertz CT molecular complexity index is 1500. The van der Waals surface area contributed by atoms with Crippen molar-refractivity contribution in [2.75, 3.05) is 42.9 Å². The summed E-state index contributed by atoms with van der Waals surface area (Å²) in [5.74, 6) is 1.02. The number of anilines is 2. The fourth-order valence-electron chi connectivity index (χ4n) is 4.96. The fourth-order valence-corrected chi connectivity index (χ4v) is 4.96. The Labute approximate surface area is 247 Å². The van der Waals surface area contributed by atoms with Crippen LogP contribution in [-0.4, -0.2) is 69.4 Å². The molecule has 0 amide bonds. The lowest BCUT2D eigenvalue weighted by Gasteiger charge is -2.35. The number of piperazine rings is 1. The second-order valence-corrected chi connectivity index (χ2v) is 10.7. The number of benzene rings is 2. The van der Waals surface area contributed by atoms with Crippen LogP contribution in [0.4, 0.5) is 16.0 Å². The fraction of sp³-hybridized carbons (Fsp3) is 0.323. The molecule has 1 fully saturated rings. The molecular formula is C31H38BFN8O. The summed E-state index contributed by atoms with van der Waals surface area (Å²) in [7, 11) is -0.636. The molecule has 0 bridgehead atoms. The van der Waals surface area contributed by atoms with Crippen molar-refractivity contribution in [3.05, 3.63) is 101 Å². The highest BCUT2D eigenvalue weighted by atomic mass is 19.1. The van der Waals surface area contributed by atoms with Crippen LogP contribution in [0.25, 0.3) is 11.9 Å². The number of aryl methyl sites for hydroxylation is 1. The van der Waals surface area contributed by atoms with E-state index in [-0.39, 0.29) is 5.82 Å². The van der Waals surface area contributed by atoms with Gasteiger partial charge in [-0.2, -0.15) is 10.1 Å². The number of aromatic nitrogens is 4. The predicted molar refractivity (Wildman–Crippen MR) is 167 cm³/mol. The number of halogens is 1. The highest BCUT2D eigenvalue weighted by Crippen LogP contribution is 2.21. The molecule has 4 aromatic rings. The summed E-state index contributed by atoms with van der Waals surface area (Å²) >= 11 is 0. The van der Waals surface area contributed by atoms with Crippen molar-refractivity contribution < 1.29 is 9.41 Å². The lowest BCUT2D eigenvalue weighted by Crippen LogP contribution is -2.46. The number of nitrogens with one attached hydrogen (secondary N) is 2. The van der Waals surface area contributed by atoms with Gasteiger partial charge in [-0.25, -0.2) is 14.1 Å². The number of hydrogen-bond acceptors (Lipinski definition) is 8. The normalized spacial score (nSPS) is 14.1. The average molecular weight is 569 g/mol. The van der Waals surface area contributed by atoms with Gasteiger partial charge >= 0.3 is 7.05 Å². The number of nitrogens with zero attached hydrogens (tertiary/aromatic N) is 6. The summed E-state index contributed by atoms with van der Waals surface area (Å²) in [6, 6.07) is 15.3. The van der Waals surface area contributed by atoms with Crippen LogP contribution in [0.15, 0.2) is 67.0 Å². The Hall–Kier alpha value is -4.06. The maximum absolute atomic E-state index is 14.2. The van der Waals surface area contributed by atoms with E-state index < -0.39 is 7.05 Å². The van der Waals surface area contributed by atoms with E-state index in [1.54, 1.807) is 19.1 Å². The van der Waals surface area contributed by atoms with Gasteiger partial charge in [0.15, 0.2) is 5.82 Å². The van der Waals surface area contributed by atoms with Crippen molar-refractivity contribution in [1.82, 2.24) is 29.9 Å². The third kappa shape index (κ3) is 7.81. The van der Waals surface area contributed by atoms with E-state index in [1.807, 2.05) is 29.9 Å². The van der Waals surface area contributed by atoms with E-state index in [4.69, 9.17) is 0 Å². The first-order valence-electron chi connectivity index (χ1n) is 14.4. The molecule has 11 heteroatoms. The maximum Gasteiger partial charge on any atom is 0.373 e. The molecule has 3 N–H and O–H groups in total. The zero-order valence-corrected chi connectivity index (χ0v) is 24.5. The van der Waals surface area contributed by atoms with Crippen LogP contribution >= 0.6 is 0 Å². The molecule has 1 saturated heterocycles. The molecule has 1 aliphatic rings. The van der Waals surface area contributed by atoms with Crippen LogP contribution in [0.5, 0.6) is 0 Å². The highest BCUT2D eigenvalue weighted by molar-refractivity contribution is 6.45. The Morgan fingerprint density at radius 2 is 1.79 bits per heavy atom. The van der Waals surface area contributed by atoms with Crippen LogP contribution < -0.4 is 15.4 Å². The Balaban J connectivity index is 1.14. The Kier molecular flexibility index (Phi) is 9.63. The molecular weight excluding hydrogens is 530 g/mol. The van der Waals surface area contributed by atoms with Gasteiger partial charge in [0.05, 0.1) is 11.9 Å². The van der Waals surface area contributed by atoms with Gasteiger partial charge in [-0.3, -0.25) is 4.90 Å². The second kappa shape index (κ2) is 13.7. The zero-order chi connectivity index (χ0) is 29.5. The lowest BCUT2D eigenvalue weighted by atomic mass is 9.88. The summed E-state index contributed by atoms with van der Waals surface area (Å²) in [5, 5.41) is 20.3. The first kappa shape index (κ1) is 29.4. The third-order valence-corrected chi connectivity index (χ3v) is 7.42. The standard InChI is InChI=1S/C31H38BFN8O/c1-23-6-8-25(9-7-23)20-35-31-34-11-10-30(38-31)41-24(2)27(22-37-41)5-4-12-39-13-15-40(16-14-39)29-18-26(17-28(33)19-29)21-36-32(3)42/h4-11,17-19,22,36,42H,12-16,20-21H2,1-3H3,(H,34,35,38)/b5-4+. The van der Waals surface area contributed by atoms with Crippen molar-refractivity contribution in [3.63, 3.8) is 0 Å². The highest BCUT2D eigenvalue weighted by Gasteiger charge is 2.18. The summed E-state index contributed by atoms with van der Waals surface area (Å²) in [5.41, 5.74) is 6.16. The van der Waals surface area contributed by atoms with E-state index in [0.717, 1.165) is 55.2 Å². The maximum atomic E-state index is 14.2. The molecule has 1 aliphatic heterocycles. The van der Waals surface area contributed by atoms with E-state index in [2.05, 4.69) is 78.8 Å². The molecule has 218 valence electrons. The smallest absolute Gasteiger partial charge is 0.373 e. The van der Waals surface area contributed by atoms with Crippen LogP contribution in [-0.2, 0) is 13.1 Å². The van der Waals surface area contributed by atoms with Gasteiger partial charge in [-0.1, -0.05) is 42.0 Å². The Morgan fingerprint density at radius 1 is 1.00 bits per heavy atom. The first-order chi connectivity index (χ1) is 20.3. The van der Waals surface area contributed by atoms with Gasteiger partial charge in [-0.05, 0) is 50.0 Å². The number of hydrogen-bond donors (Lipinski definition) is 3. The minimum Gasteiger partial charge on any atom is -0.437 e. The third-order valence-electron chi connectivity index (χ3n) is 7.42. The van der Waals surface area contributed by atoms with Gasteiger partial charge in [0, 0.05) is 69.3 Å². The van der Waals surface area contributed by atoms with Gasteiger partial charge < -0.3 is 20.5 Å². The van der Waals surface area contributed by atoms with Crippen LogP contribution in [0.1, 0.15) is 27.9 Å². The van der Waals surface area contributed by atoms with E-state index >= 15 is 0 Å². The minimum atomic E-state index is -0.636. The van der Waals surface area contributed by atoms with Gasteiger partial charge in [0.25, 0.3) is 0 Å². The summed E-state index contributed by atoms with van der Waals surface area (Å²) < 4.78 is 16.1. The molecule has 3 heterocycles. The van der Waals surface area contributed by atoms with Gasteiger partial charge in [0.1, 0.15) is 5.82 Å². The first-order valence-corrected chi connectivity index (χ1v) is 14.4. The van der Waals surface area contributed by atoms with Crippen molar-refractivity contribution in [1.29, 1.82) is 0 Å². The minimum absolute atomic E-state index is 0.257. The Morgan fingerprint density at radius 3 is 2.55 bits per heavy atom. The topological polar surface area (TPSA) is 94.4 Å². The summed E-state index contributed by atoms with van der Waals surface area (Å²) in [6.07, 6.45) is 7.88. The van der Waals surface area contributed by atoms with Crippen molar-refractivity contribution in [2.45, 2.75) is 33.8 Å². The SMILES string of the molecule is CB(O)NCc1cc(F)cc(N2CCN(C/C=C/c3cnn(-c4ccnc(NCc5ccc(C)cc5)n4)c3C)CC2)c1. The van der Waals surface area contributed by atoms with Crippen molar-refractivity contribution in [3.8, 4) is 5.82 Å². The largest absolute Gasteiger partial charge is 0.437 e. The van der Waals surface area contributed by atoms with Gasteiger partial charge in [0.2, 0.25) is 5.95 Å². The molecule has 0 spiro atoms. The second-order valence-electron chi connectivity index (χ2n) is 10.7. The molecule has 5 rings (SSSR count). The van der Waals surface area contributed by atoms with E-state index in [1.165, 1.54) is 17.2 Å². The average Bonchev–Trinajstić information content (AvgIpc) is 3.36. The molecule has 0 aliphatic carbocycles. The van der Waals surface area contributed by atoms with Crippen LogP contribution in [0, 0.1) is 19.7 Å². The molecule has 2 aromatic carbocycles. The molecule has 0 radical (unpaired) electrons. The van der Waals surface area contributed by atoms with Crippen LogP contribution in [0.2, 0.25) is 6.82 Å². The molecule has 0 saturated carbocycles. The quantitative estimate of drug-likeness (QED) is 0.233. The summed E-state index contributed by atoms with van der Waals surface area (Å²) in [6.45, 7) is 11.1. The summed E-state index contributed by atoms with van der Waals surface area (Å²) in [4.78, 5) is 13.6. The van der Waals surface area contributed by atoms with Crippen molar-refractivity contribution >= 4 is 24.8 Å². The van der Waals surface area contributed by atoms with Crippen molar-refractivity contribution in [2.24, 2.45) is 0 Å². The predicted octanol–water partition coefficient (Wildman–Crippen LogP) is 4.07. The molecule has 2 aromatic heterocycles. The van der Waals surface area contributed by atoms with E-state index in [0.29, 0.717) is 24.9 Å². The van der Waals surface area contributed by atoms with E-state index in [9.17, 15) is 9.41 Å². The molecule has 0 atom stereocenters. The van der Waals surface area contributed by atoms with Gasteiger partial charge in [-0.15, -0.1) is 0 Å². The van der Waals surface area contributed by atoms with Crippen LogP contribution in [0.3, 0.4) is 0 Å². The zero-order valence-electron chi connectivity index (χ0n) is 24.5. The molecule has 0 unspecified atom stereocenters. The number of rotatable bonds is 11. The molecule has 9 nitrogen and oxygen atoms in total. The molecule has 42 heavy (non-hydrogen) atoms. The lowest BCUT2D eigenvalue weighted by molar-refractivity contribution is 0.284. The monoisotopic (exact) mass is 568 g/mol.